The molecule has 0 aromatic heterocycles. The van der Waals surface area contributed by atoms with Crippen molar-refractivity contribution in [3.63, 3.8) is 0 Å². The van der Waals surface area contributed by atoms with E-state index in [2.05, 4.69) is 5.32 Å². The largest absolute Gasteiger partial charge is 0.478 e. The number of para-hydroxylation sites is 1. The molecular weight excluding hydrogens is 604 g/mol. The number of hydrogen-bond donors (Lipinski definition) is 4. The van der Waals surface area contributed by atoms with E-state index in [9.17, 15) is 39.0 Å². The predicted octanol–water partition coefficient (Wildman–Crippen LogP) is 3.47. The third kappa shape index (κ3) is 9.98. The van der Waals surface area contributed by atoms with E-state index in [4.69, 9.17) is 5.73 Å². The molecule has 0 spiro atoms. The van der Waals surface area contributed by atoms with Crippen LogP contribution in [0.2, 0.25) is 0 Å². The quantitative estimate of drug-likeness (QED) is 0.135. The number of anilines is 2. The molecule has 3 aromatic carbocycles. The number of primary amides is 1. The van der Waals surface area contributed by atoms with Crippen LogP contribution in [0, 0.1) is 0 Å². The van der Waals surface area contributed by atoms with Crippen molar-refractivity contribution in [1.29, 1.82) is 0 Å². The van der Waals surface area contributed by atoms with Gasteiger partial charge in [0.15, 0.2) is 0 Å². The molecule has 5 N–H and O–H groups in total. The zero-order valence-corrected chi connectivity index (χ0v) is 26.5. The summed E-state index contributed by atoms with van der Waals surface area (Å²) in [5, 5.41) is 22.2. The van der Waals surface area contributed by atoms with E-state index in [1.807, 2.05) is 30.3 Å². The molecule has 0 saturated heterocycles. The van der Waals surface area contributed by atoms with Gasteiger partial charge in [0.1, 0.15) is 6.04 Å². The second kappa shape index (κ2) is 17.2. The van der Waals surface area contributed by atoms with Gasteiger partial charge >= 0.3 is 17.8 Å². The highest BCUT2D eigenvalue weighted by molar-refractivity contribution is 6.39. The van der Waals surface area contributed by atoms with E-state index in [1.54, 1.807) is 19.1 Å². The summed E-state index contributed by atoms with van der Waals surface area (Å²) in [7, 11) is 0. The summed E-state index contributed by atoms with van der Waals surface area (Å²) in [6, 6.07) is 19.1. The molecule has 3 aromatic rings. The maximum atomic E-state index is 12.9. The number of aromatic carboxylic acids is 1. The lowest BCUT2D eigenvalue weighted by Crippen LogP contribution is -2.48. The summed E-state index contributed by atoms with van der Waals surface area (Å²) in [6.45, 7) is 3.83. The van der Waals surface area contributed by atoms with Crippen molar-refractivity contribution in [3.05, 3.63) is 95.1 Å². The topological polar surface area (TPSA) is 187 Å². The maximum absolute atomic E-state index is 12.9. The molecule has 12 heteroatoms. The van der Waals surface area contributed by atoms with Crippen molar-refractivity contribution < 1.29 is 39.0 Å². The summed E-state index contributed by atoms with van der Waals surface area (Å²) in [5.41, 5.74) is 7.76. The third-order valence-corrected chi connectivity index (χ3v) is 7.70. The molecule has 0 radical (unpaired) electrons. The Bertz CT molecular complexity index is 1610. The number of carboxylic acids is 2. The van der Waals surface area contributed by atoms with Crippen LogP contribution in [-0.2, 0) is 43.2 Å². The highest BCUT2D eigenvalue weighted by Gasteiger charge is 2.30. The summed E-state index contributed by atoms with van der Waals surface area (Å²) in [5.74, 6) is -5.64. The van der Waals surface area contributed by atoms with Crippen molar-refractivity contribution in [2.24, 2.45) is 5.73 Å². The highest BCUT2D eigenvalue weighted by Crippen LogP contribution is 2.33. The number of nitrogens with one attached hydrogen (secondary N) is 1. The molecular formula is C35H40N4O8. The van der Waals surface area contributed by atoms with Gasteiger partial charge in [0, 0.05) is 32.9 Å². The third-order valence-electron chi connectivity index (χ3n) is 7.70. The van der Waals surface area contributed by atoms with Crippen molar-refractivity contribution in [2.75, 3.05) is 18.0 Å². The number of amides is 4. The fourth-order valence-electron chi connectivity index (χ4n) is 5.33. The second-order valence-electron chi connectivity index (χ2n) is 11.0. The molecule has 0 aliphatic carbocycles. The molecule has 1 atom stereocenters. The van der Waals surface area contributed by atoms with Gasteiger partial charge in [0.2, 0.25) is 17.7 Å². The zero-order chi connectivity index (χ0) is 34.5. The number of nitrogens with two attached hydrogens (primary N) is 1. The van der Waals surface area contributed by atoms with Gasteiger partial charge in [0.05, 0.1) is 16.9 Å². The number of hydrogen-bond acceptors (Lipinski definition) is 6. The van der Waals surface area contributed by atoms with Crippen LogP contribution in [-0.4, -0.2) is 69.8 Å². The van der Waals surface area contributed by atoms with Crippen LogP contribution >= 0.6 is 0 Å². The molecule has 0 saturated carbocycles. The molecule has 0 heterocycles. The van der Waals surface area contributed by atoms with E-state index >= 15 is 0 Å². The number of carbonyl (C=O) groups excluding carboxylic acids is 4. The smallest absolute Gasteiger partial charge is 0.395 e. The summed E-state index contributed by atoms with van der Waals surface area (Å²) in [6.07, 6.45) is 2.30. The lowest BCUT2D eigenvalue weighted by atomic mass is 9.98. The minimum atomic E-state index is -1.77. The Labute approximate surface area is 273 Å². The summed E-state index contributed by atoms with van der Waals surface area (Å²) in [4.78, 5) is 76.3. The van der Waals surface area contributed by atoms with Crippen molar-refractivity contribution in [3.8, 4) is 0 Å². The van der Waals surface area contributed by atoms with E-state index < -0.39 is 29.8 Å². The second-order valence-corrected chi connectivity index (χ2v) is 11.0. The Kier molecular flexibility index (Phi) is 13.2. The van der Waals surface area contributed by atoms with Crippen molar-refractivity contribution in [1.82, 2.24) is 10.2 Å². The fourth-order valence-corrected chi connectivity index (χ4v) is 5.33. The lowest BCUT2D eigenvalue weighted by molar-refractivity contribution is -0.148. The van der Waals surface area contributed by atoms with Gasteiger partial charge in [-0.25, -0.2) is 9.59 Å². The van der Waals surface area contributed by atoms with Crippen LogP contribution in [0.15, 0.2) is 72.8 Å². The number of nitrogens with zero attached hydrogens (tertiary/aromatic N) is 2. The van der Waals surface area contributed by atoms with Crippen LogP contribution in [0.25, 0.3) is 0 Å². The van der Waals surface area contributed by atoms with E-state index in [1.165, 1.54) is 42.2 Å². The molecule has 0 aliphatic heterocycles. The van der Waals surface area contributed by atoms with Gasteiger partial charge in [-0.3, -0.25) is 24.1 Å². The molecule has 0 bridgehead atoms. The first-order chi connectivity index (χ1) is 22.4. The van der Waals surface area contributed by atoms with Gasteiger partial charge in [-0.05, 0) is 60.6 Å². The number of rotatable bonds is 16. The number of carbonyl (C=O) groups is 6. The maximum Gasteiger partial charge on any atom is 0.395 e. The minimum Gasteiger partial charge on any atom is -0.478 e. The molecule has 47 heavy (non-hydrogen) atoms. The van der Waals surface area contributed by atoms with Crippen molar-refractivity contribution in [2.45, 2.75) is 58.4 Å². The number of aryl methyl sites for hydroxylation is 1. The number of carboxylic acid groups (broad SMARTS) is 2. The fraction of sp³-hybridized carbons (Fsp3) is 0.314. The summed E-state index contributed by atoms with van der Waals surface area (Å²) < 4.78 is 0. The first kappa shape index (κ1) is 36.0. The molecule has 4 amide bonds. The average molecular weight is 645 g/mol. The Morgan fingerprint density at radius 2 is 1.53 bits per heavy atom. The lowest BCUT2D eigenvalue weighted by Gasteiger charge is -2.30. The van der Waals surface area contributed by atoms with E-state index in [-0.39, 0.29) is 48.1 Å². The minimum absolute atomic E-state index is 0.0424. The molecule has 12 nitrogen and oxygen atoms in total. The first-order valence-corrected chi connectivity index (χ1v) is 15.3. The predicted molar refractivity (Wildman–Crippen MR) is 175 cm³/mol. The van der Waals surface area contributed by atoms with Gasteiger partial charge in [-0.1, -0.05) is 61.5 Å². The van der Waals surface area contributed by atoms with Crippen LogP contribution in [0.4, 0.5) is 11.4 Å². The SMILES string of the molecule is CCc1cc(C[C@@H](C(N)=O)N(CCCCC(=O)NCCc2ccccc2)C(C)=O)ccc1N(C(=O)C(=O)O)c1ccccc1C(=O)O. The average Bonchev–Trinajstić information content (AvgIpc) is 3.04. The highest BCUT2D eigenvalue weighted by atomic mass is 16.4. The Morgan fingerprint density at radius 3 is 2.15 bits per heavy atom. The molecule has 3 rings (SSSR count). The standard InChI is InChI=1S/C35H40N4O8/c1-3-26-21-25(16-17-28(26)39(33(43)35(46)47)29-14-8-7-13-27(29)34(44)45)22-30(32(36)42)38(23(2)40)20-10-9-15-31(41)37-19-18-24-11-5-4-6-12-24/h4-8,11-14,16-17,21,30H,3,9-10,15,18-20,22H2,1-2H3,(H2,36,42)(H,37,41)(H,44,45)(H,46,47)/t30-/m0/s1. The normalized spacial score (nSPS) is 11.3. The Morgan fingerprint density at radius 1 is 0.851 bits per heavy atom. The molecule has 0 aliphatic rings. The Hall–Kier alpha value is -5.52. The monoisotopic (exact) mass is 644 g/mol. The Balaban J connectivity index is 1.74. The van der Waals surface area contributed by atoms with Gasteiger partial charge in [-0.2, -0.15) is 0 Å². The molecule has 0 unspecified atom stereocenters. The van der Waals surface area contributed by atoms with E-state index in [0.717, 1.165) is 16.9 Å². The molecule has 248 valence electrons. The van der Waals surface area contributed by atoms with Crippen molar-refractivity contribution >= 4 is 46.9 Å². The van der Waals surface area contributed by atoms with Crippen LogP contribution < -0.4 is 16.0 Å². The van der Waals surface area contributed by atoms with E-state index in [0.29, 0.717) is 36.9 Å². The van der Waals surface area contributed by atoms with Gasteiger partial charge in [0.25, 0.3) is 0 Å². The number of unbranched alkanes of at least 4 members (excludes halogenated alkanes) is 1. The first-order valence-electron chi connectivity index (χ1n) is 15.3. The van der Waals surface area contributed by atoms with Gasteiger partial charge < -0.3 is 26.2 Å². The van der Waals surface area contributed by atoms with Crippen LogP contribution in [0.5, 0.6) is 0 Å². The van der Waals surface area contributed by atoms with Gasteiger partial charge in [-0.15, -0.1) is 0 Å². The molecule has 0 fully saturated rings. The zero-order valence-electron chi connectivity index (χ0n) is 26.5. The number of benzene rings is 3. The summed E-state index contributed by atoms with van der Waals surface area (Å²) >= 11 is 0. The van der Waals surface area contributed by atoms with Crippen LogP contribution in [0.3, 0.4) is 0 Å². The number of aliphatic carboxylic acids is 1. The van der Waals surface area contributed by atoms with Crippen LogP contribution in [0.1, 0.15) is 60.2 Å².